The Labute approximate surface area is 196 Å². The van der Waals surface area contributed by atoms with E-state index in [-0.39, 0.29) is 24.1 Å². The Hall–Kier alpha value is -2.21. The zero-order valence-corrected chi connectivity index (χ0v) is 19.8. The molecule has 33 heavy (non-hydrogen) atoms. The van der Waals surface area contributed by atoms with Crippen LogP contribution in [-0.4, -0.2) is 40.7 Å². The molecule has 3 fully saturated rings. The predicted octanol–water partition coefficient (Wildman–Crippen LogP) is 3.72. The molecule has 0 spiro atoms. The largest absolute Gasteiger partial charge is 0.322 e. The molecule has 0 bridgehead atoms. The monoisotopic (exact) mass is 451 g/mol. The van der Waals surface area contributed by atoms with Crippen LogP contribution in [0.5, 0.6) is 0 Å². The fraction of sp³-hybridized carbons (Fsp3) is 0.667. The minimum absolute atomic E-state index is 0.0883. The summed E-state index contributed by atoms with van der Waals surface area (Å²) in [5.74, 6) is 0.786. The lowest BCUT2D eigenvalue weighted by atomic mass is 9.79. The first-order chi connectivity index (χ1) is 16.0. The van der Waals surface area contributed by atoms with Crippen LogP contribution in [0.2, 0.25) is 0 Å². The fourth-order valence-corrected chi connectivity index (χ4v) is 6.62. The molecule has 2 saturated carbocycles. The topological polar surface area (TPSA) is 78.5 Å². The van der Waals surface area contributed by atoms with Gasteiger partial charge < -0.3 is 10.2 Å². The van der Waals surface area contributed by atoms with Gasteiger partial charge in [0.2, 0.25) is 11.8 Å². The minimum atomic E-state index is -0.546. The molecule has 5 rings (SSSR count). The second kappa shape index (κ2) is 9.57. The third-order valence-electron chi connectivity index (χ3n) is 8.38. The van der Waals surface area contributed by atoms with Crippen molar-refractivity contribution in [1.82, 2.24) is 15.5 Å². The number of hydrogen-bond donors (Lipinski definition) is 2. The number of fused-ring (bicyclic) bond motifs is 1. The molecule has 0 radical (unpaired) electrons. The minimum Gasteiger partial charge on any atom is -0.322 e. The highest BCUT2D eigenvalue weighted by Crippen LogP contribution is 2.33. The smallest absolute Gasteiger partial charge is 0.255 e. The molecule has 0 aromatic heterocycles. The van der Waals surface area contributed by atoms with E-state index in [0.29, 0.717) is 36.5 Å². The molecule has 1 saturated heterocycles. The summed E-state index contributed by atoms with van der Waals surface area (Å²) in [6.07, 6.45) is 12.2. The molecule has 1 aromatic carbocycles. The van der Waals surface area contributed by atoms with Crippen molar-refractivity contribution < 1.29 is 14.4 Å². The zero-order chi connectivity index (χ0) is 22.9. The van der Waals surface area contributed by atoms with Gasteiger partial charge in [-0.05, 0) is 67.6 Å². The summed E-state index contributed by atoms with van der Waals surface area (Å²) >= 11 is 0. The third kappa shape index (κ3) is 4.86. The van der Waals surface area contributed by atoms with Gasteiger partial charge in [0, 0.05) is 30.6 Å². The average molecular weight is 452 g/mol. The maximum Gasteiger partial charge on any atom is 0.255 e. The number of nitrogens with one attached hydrogen (secondary N) is 2. The molecule has 6 nitrogen and oxygen atoms in total. The van der Waals surface area contributed by atoms with E-state index in [0.717, 1.165) is 17.9 Å². The van der Waals surface area contributed by atoms with Crippen molar-refractivity contribution in [2.75, 3.05) is 0 Å². The zero-order valence-electron chi connectivity index (χ0n) is 19.8. The standard InChI is InChI=1S/C27H37N3O3/c1-17-5-4-7-21(13-17)28-23-8-3-2-6-19(23)14-18-9-10-22-20(15-18)16-30(27(22)33)24-11-12-25(31)29-26(24)32/h9-10,15,17,19,21,23-24,28H,2-8,11-14,16H2,1H3,(H,29,31,32)/t17-,19+,21?,23-,24?/m0/s1. The Morgan fingerprint density at radius 3 is 2.70 bits per heavy atom. The molecule has 2 aliphatic heterocycles. The fourth-order valence-electron chi connectivity index (χ4n) is 6.62. The SMILES string of the molecule is C[C@H]1CCCC(N[C@H]2CCCC[C@@H]2Cc2ccc3c(c2)CN(C2CCC(=O)NC2=O)C3=O)C1. The van der Waals surface area contributed by atoms with Gasteiger partial charge in [-0.3, -0.25) is 19.7 Å². The Morgan fingerprint density at radius 1 is 1.03 bits per heavy atom. The van der Waals surface area contributed by atoms with Crippen LogP contribution in [0, 0.1) is 11.8 Å². The second-order valence-electron chi connectivity index (χ2n) is 10.9. The van der Waals surface area contributed by atoms with Gasteiger partial charge in [0.1, 0.15) is 6.04 Å². The van der Waals surface area contributed by atoms with E-state index in [1.165, 1.54) is 56.9 Å². The van der Waals surface area contributed by atoms with E-state index < -0.39 is 6.04 Å². The lowest BCUT2D eigenvalue weighted by molar-refractivity contribution is -0.136. The first-order valence-corrected chi connectivity index (χ1v) is 13.0. The van der Waals surface area contributed by atoms with Crippen molar-refractivity contribution in [3.63, 3.8) is 0 Å². The van der Waals surface area contributed by atoms with Crippen molar-refractivity contribution in [2.24, 2.45) is 11.8 Å². The maximum atomic E-state index is 13.0. The first-order valence-electron chi connectivity index (χ1n) is 13.0. The van der Waals surface area contributed by atoms with E-state index in [1.807, 2.05) is 6.07 Å². The molecule has 4 aliphatic rings. The van der Waals surface area contributed by atoms with Crippen LogP contribution in [0.1, 0.15) is 92.6 Å². The average Bonchev–Trinajstić information content (AvgIpc) is 3.11. The number of piperidine rings is 1. The van der Waals surface area contributed by atoms with Gasteiger partial charge in [0.25, 0.3) is 5.91 Å². The Morgan fingerprint density at radius 2 is 1.88 bits per heavy atom. The van der Waals surface area contributed by atoms with Crippen LogP contribution in [0.25, 0.3) is 0 Å². The van der Waals surface area contributed by atoms with Crippen molar-refractivity contribution in [2.45, 2.75) is 102 Å². The first kappa shape index (κ1) is 22.6. The molecule has 1 aromatic rings. The van der Waals surface area contributed by atoms with Crippen LogP contribution in [-0.2, 0) is 22.6 Å². The molecule has 3 amide bonds. The van der Waals surface area contributed by atoms with E-state index in [4.69, 9.17) is 0 Å². The van der Waals surface area contributed by atoms with E-state index in [2.05, 4.69) is 29.7 Å². The third-order valence-corrected chi connectivity index (χ3v) is 8.38. The molecule has 2 unspecified atom stereocenters. The van der Waals surface area contributed by atoms with Crippen molar-refractivity contribution >= 4 is 17.7 Å². The summed E-state index contributed by atoms with van der Waals surface area (Å²) in [6, 6.07) is 6.96. The predicted molar refractivity (Wildman–Crippen MR) is 126 cm³/mol. The Balaban J connectivity index is 1.25. The molecular weight excluding hydrogens is 414 g/mol. The van der Waals surface area contributed by atoms with Crippen LogP contribution < -0.4 is 10.6 Å². The molecule has 6 heteroatoms. The summed E-state index contributed by atoms with van der Waals surface area (Å²) < 4.78 is 0. The van der Waals surface area contributed by atoms with Gasteiger partial charge in [-0.1, -0.05) is 44.7 Å². The van der Waals surface area contributed by atoms with Gasteiger partial charge in [-0.15, -0.1) is 0 Å². The molecule has 178 valence electrons. The number of benzene rings is 1. The normalized spacial score (nSPS) is 32.6. The van der Waals surface area contributed by atoms with Crippen LogP contribution in [0.15, 0.2) is 18.2 Å². The number of rotatable bonds is 5. The molecule has 2 aliphatic carbocycles. The summed E-state index contributed by atoms with van der Waals surface area (Å²) in [4.78, 5) is 38.4. The molecular formula is C27H37N3O3. The summed E-state index contributed by atoms with van der Waals surface area (Å²) in [5, 5.41) is 6.42. The summed E-state index contributed by atoms with van der Waals surface area (Å²) in [7, 11) is 0. The van der Waals surface area contributed by atoms with Crippen molar-refractivity contribution in [3.8, 4) is 0 Å². The van der Waals surface area contributed by atoms with Gasteiger partial charge in [-0.25, -0.2) is 0 Å². The van der Waals surface area contributed by atoms with Gasteiger partial charge in [0.15, 0.2) is 0 Å². The van der Waals surface area contributed by atoms with Crippen LogP contribution in [0.4, 0.5) is 0 Å². The highest BCUT2D eigenvalue weighted by Gasteiger charge is 2.39. The highest BCUT2D eigenvalue weighted by molar-refractivity contribution is 6.05. The quantitative estimate of drug-likeness (QED) is 0.669. The van der Waals surface area contributed by atoms with Gasteiger partial charge in [-0.2, -0.15) is 0 Å². The number of nitrogens with zero attached hydrogens (tertiary/aromatic N) is 1. The molecule has 2 N–H and O–H groups in total. The lowest BCUT2D eigenvalue weighted by Gasteiger charge is -2.38. The summed E-state index contributed by atoms with van der Waals surface area (Å²) in [6.45, 7) is 2.84. The van der Waals surface area contributed by atoms with E-state index in [9.17, 15) is 14.4 Å². The number of hydrogen-bond acceptors (Lipinski definition) is 4. The number of carbonyl (C=O) groups is 3. The van der Waals surface area contributed by atoms with Crippen molar-refractivity contribution in [3.05, 3.63) is 34.9 Å². The van der Waals surface area contributed by atoms with Crippen LogP contribution >= 0.6 is 0 Å². The lowest BCUT2D eigenvalue weighted by Crippen LogP contribution is -2.52. The number of carbonyl (C=O) groups excluding carboxylic acids is 3. The summed E-state index contributed by atoms with van der Waals surface area (Å²) in [5.41, 5.74) is 3.02. The molecule has 2 heterocycles. The number of amides is 3. The van der Waals surface area contributed by atoms with Gasteiger partial charge >= 0.3 is 0 Å². The Kier molecular flexibility index (Phi) is 6.55. The maximum absolute atomic E-state index is 13.0. The van der Waals surface area contributed by atoms with E-state index >= 15 is 0 Å². The Bertz CT molecular complexity index is 929. The van der Waals surface area contributed by atoms with Crippen molar-refractivity contribution in [1.29, 1.82) is 0 Å². The van der Waals surface area contributed by atoms with Crippen LogP contribution in [0.3, 0.4) is 0 Å². The second-order valence-corrected chi connectivity index (χ2v) is 10.9. The highest BCUT2D eigenvalue weighted by atomic mass is 16.2. The van der Waals surface area contributed by atoms with E-state index in [1.54, 1.807) is 4.90 Å². The van der Waals surface area contributed by atoms with Gasteiger partial charge in [0.05, 0.1) is 0 Å². The number of imide groups is 1. The molecule has 5 atom stereocenters.